The first-order valence-corrected chi connectivity index (χ1v) is 11.1. The Morgan fingerprint density at radius 2 is 1.83 bits per heavy atom. The Kier molecular flexibility index (Phi) is 7.12. The Balaban J connectivity index is 1.61. The van der Waals surface area contributed by atoms with Crippen LogP contribution in [0.3, 0.4) is 0 Å². The molecule has 1 aliphatic rings. The van der Waals surface area contributed by atoms with Gasteiger partial charge in [0.05, 0.1) is 17.1 Å². The number of benzene rings is 1. The molecule has 1 aliphatic carbocycles. The summed E-state index contributed by atoms with van der Waals surface area (Å²) in [4.78, 5) is 12.6. The van der Waals surface area contributed by atoms with E-state index in [9.17, 15) is 4.79 Å². The fourth-order valence-corrected chi connectivity index (χ4v) is 4.60. The summed E-state index contributed by atoms with van der Waals surface area (Å²) in [7, 11) is 1.90. The molecule has 3 N–H and O–H groups in total. The molecule has 1 heterocycles. The smallest absolute Gasteiger partial charge is 0.279 e. The van der Waals surface area contributed by atoms with E-state index < -0.39 is 0 Å². The second-order valence-electron chi connectivity index (χ2n) is 8.93. The van der Waals surface area contributed by atoms with Crippen molar-refractivity contribution >= 4 is 11.6 Å². The van der Waals surface area contributed by atoms with Crippen molar-refractivity contribution in [2.24, 2.45) is 13.0 Å². The highest BCUT2D eigenvalue weighted by Gasteiger charge is 2.22. The van der Waals surface area contributed by atoms with E-state index in [1.807, 2.05) is 20.9 Å². The zero-order valence-corrected chi connectivity index (χ0v) is 18.7. The standard InChI is InChI=1S/C24H36N4O/c1-16(2)23(21-13-11-20(12-14-21)19-9-7-6-8-10-19)25-15-22(29)26-24-17(3)27-28(5)18(24)4/h11-14,16,19,23,25H,6-10,15H2,1-5H3,(H,26,29)/p+1/t23-/m1/s1. The maximum atomic E-state index is 12.6. The molecular formula is C24H37N4O+. The lowest BCUT2D eigenvalue weighted by Gasteiger charge is -2.23. The second-order valence-corrected chi connectivity index (χ2v) is 8.93. The van der Waals surface area contributed by atoms with Crippen LogP contribution in [0.25, 0.3) is 0 Å². The molecule has 5 nitrogen and oxygen atoms in total. The quantitative estimate of drug-likeness (QED) is 0.742. The predicted octanol–water partition coefficient (Wildman–Crippen LogP) is 3.98. The van der Waals surface area contributed by atoms with Crippen LogP contribution in [0.5, 0.6) is 0 Å². The first kappa shape index (κ1) is 21.6. The number of amides is 1. The molecule has 5 heteroatoms. The summed E-state index contributed by atoms with van der Waals surface area (Å²) in [6.07, 6.45) is 6.76. The van der Waals surface area contributed by atoms with Crippen LogP contribution in [0, 0.1) is 19.8 Å². The molecule has 1 aromatic heterocycles. The van der Waals surface area contributed by atoms with Gasteiger partial charge in [-0.25, -0.2) is 0 Å². The monoisotopic (exact) mass is 397 g/mol. The van der Waals surface area contributed by atoms with Crippen LogP contribution >= 0.6 is 0 Å². The third-order valence-corrected chi connectivity index (χ3v) is 6.45. The highest BCUT2D eigenvalue weighted by molar-refractivity contribution is 5.92. The number of aromatic nitrogens is 2. The van der Waals surface area contributed by atoms with E-state index in [-0.39, 0.29) is 11.9 Å². The van der Waals surface area contributed by atoms with Crippen molar-refractivity contribution in [2.45, 2.75) is 71.8 Å². The molecule has 29 heavy (non-hydrogen) atoms. The molecule has 0 bridgehead atoms. The van der Waals surface area contributed by atoms with E-state index in [0.717, 1.165) is 23.0 Å². The topological polar surface area (TPSA) is 63.5 Å². The number of carbonyl (C=O) groups excluding carboxylic acids is 1. The van der Waals surface area contributed by atoms with Gasteiger partial charge in [-0.1, -0.05) is 57.4 Å². The minimum absolute atomic E-state index is 0.0219. The molecule has 0 spiro atoms. The van der Waals surface area contributed by atoms with E-state index >= 15 is 0 Å². The zero-order chi connectivity index (χ0) is 21.0. The number of aryl methyl sites for hydroxylation is 2. The maximum Gasteiger partial charge on any atom is 0.279 e. The Morgan fingerprint density at radius 3 is 2.38 bits per heavy atom. The molecule has 0 aliphatic heterocycles. The van der Waals surface area contributed by atoms with Crippen LogP contribution in [-0.4, -0.2) is 22.2 Å². The Hall–Kier alpha value is -2.14. The van der Waals surface area contributed by atoms with Gasteiger partial charge in [0.15, 0.2) is 6.54 Å². The molecule has 1 atom stereocenters. The van der Waals surface area contributed by atoms with Gasteiger partial charge in [-0.2, -0.15) is 5.10 Å². The fraction of sp³-hybridized carbons (Fsp3) is 0.583. The number of hydrogen-bond donors (Lipinski definition) is 2. The SMILES string of the molecule is Cc1nn(C)c(C)c1NC(=O)C[NH2+][C@@H](c1ccc(C2CCCCC2)cc1)C(C)C. The molecule has 2 aromatic rings. The molecule has 0 radical (unpaired) electrons. The average Bonchev–Trinajstić information content (AvgIpc) is 2.95. The van der Waals surface area contributed by atoms with Gasteiger partial charge in [-0.3, -0.25) is 9.48 Å². The van der Waals surface area contributed by atoms with Crippen LogP contribution in [0.2, 0.25) is 0 Å². The molecule has 1 amide bonds. The highest BCUT2D eigenvalue weighted by atomic mass is 16.1. The molecule has 0 saturated heterocycles. The fourth-order valence-electron chi connectivity index (χ4n) is 4.60. The van der Waals surface area contributed by atoms with Gasteiger partial charge in [0.1, 0.15) is 6.04 Å². The number of nitrogens with zero attached hydrogens (tertiary/aromatic N) is 2. The number of rotatable bonds is 7. The van der Waals surface area contributed by atoms with Crippen molar-refractivity contribution in [3.05, 3.63) is 46.8 Å². The lowest BCUT2D eigenvalue weighted by molar-refractivity contribution is -0.692. The number of quaternary nitrogens is 1. The zero-order valence-electron chi connectivity index (χ0n) is 18.7. The number of anilines is 1. The van der Waals surface area contributed by atoms with E-state index in [0.29, 0.717) is 12.5 Å². The molecule has 1 fully saturated rings. The second kappa shape index (κ2) is 9.57. The van der Waals surface area contributed by atoms with Crippen molar-refractivity contribution in [1.82, 2.24) is 9.78 Å². The van der Waals surface area contributed by atoms with Crippen molar-refractivity contribution in [3.8, 4) is 0 Å². The Bertz CT molecular complexity index is 816. The summed E-state index contributed by atoms with van der Waals surface area (Å²) in [5.41, 5.74) is 5.47. The molecule has 158 valence electrons. The highest BCUT2D eigenvalue weighted by Crippen LogP contribution is 2.33. The van der Waals surface area contributed by atoms with Gasteiger partial charge in [0, 0.05) is 18.5 Å². The van der Waals surface area contributed by atoms with Crippen molar-refractivity contribution < 1.29 is 10.1 Å². The summed E-state index contributed by atoms with van der Waals surface area (Å²) in [6, 6.07) is 9.46. The minimum atomic E-state index is 0.0219. The van der Waals surface area contributed by atoms with Gasteiger partial charge in [-0.05, 0) is 38.2 Å². The third kappa shape index (κ3) is 5.27. The first-order valence-electron chi connectivity index (χ1n) is 11.1. The lowest BCUT2D eigenvalue weighted by atomic mass is 9.83. The predicted molar refractivity (Wildman–Crippen MR) is 118 cm³/mol. The minimum Gasteiger partial charge on any atom is -0.332 e. The normalized spacial score (nSPS) is 16.2. The lowest BCUT2D eigenvalue weighted by Crippen LogP contribution is -2.88. The van der Waals surface area contributed by atoms with E-state index in [2.05, 4.69) is 53.8 Å². The summed E-state index contributed by atoms with van der Waals surface area (Å²) in [5, 5.41) is 9.58. The summed E-state index contributed by atoms with van der Waals surface area (Å²) >= 11 is 0. The first-order chi connectivity index (χ1) is 13.9. The number of nitrogens with one attached hydrogen (secondary N) is 1. The largest absolute Gasteiger partial charge is 0.332 e. The van der Waals surface area contributed by atoms with Gasteiger partial charge in [0.2, 0.25) is 0 Å². The van der Waals surface area contributed by atoms with E-state index in [1.165, 1.54) is 43.2 Å². The van der Waals surface area contributed by atoms with Crippen LogP contribution in [0.4, 0.5) is 5.69 Å². The van der Waals surface area contributed by atoms with Crippen LogP contribution in [-0.2, 0) is 11.8 Å². The Morgan fingerprint density at radius 1 is 1.17 bits per heavy atom. The van der Waals surface area contributed by atoms with Crippen LogP contribution < -0.4 is 10.6 Å². The molecule has 0 unspecified atom stereocenters. The van der Waals surface area contributed by atoms with Gasteiger partial charge in [0.25, 0.3) is 5.91 Å². The van der Waals surface area contributed by atoms with E-state index in [1.54, 1.807) is 4.68 Å². The van der Waals surface area contributed by atoms with Crippen molar-refractivity contribution in [1.29, 1.82) is 0 Å². The van der Waals surface area contributed by atoms with E-state index in [4.69, 9.17) is 0 Å². The van der Waals surface area contributed by atoms with Gasteiger partial charge >= 0.3 is 0 Å². The van der Waals surface area contributed by atoms with Gasteiger partial charge in [-0.15, -0.1) is 0 Å². The Labute approximate surface area is 175 Å². The molecule has 3 rings (SSSR count). The van der Waals surface area contributed by atoms with Crippen molar-refractivity contribution in [2.75, 3.05) is 11.9 Å². The number of carbonyl (C=O) groups is 1. The number of hydrogen-bond acceptors (Lipinski definition) is 2. The summed E-state index contributed by atoms with van der Waals surface area (Å²) in [6.45, 7) is 8.76. The molecule has 1 saturated carbocycles. The third-order valence-electron chi connectivity index (χ3n) is 6.45. The molecular weight excluding hydrogens is 360 g/mol. The summed E-state index contributed by atoms with van der Waals surface area (Å²) in [5.74, 6) is 1.20. The van der Waals surface area contributed by atoms with Crippen molar-refractivity contribution in [3.63, 3.8) is 0 Å². The number of nitrogens with two attached hydrogens (primary N) is 1. The average molecular weight is 398 g/mol. The maximum absolute atomic E-state index is 12.6. The summed E-state index contributed by atoms with van der Waals surface area (Å²) < 4.78 is 1.81. The van der Waals surface area contributed by atoms with Crippen LogP contribution in [0.15, 0.2) is 24.3 Å². The van der Waals surface area contributed by atoms with Gasteiger partial charge < -0.3 is 10.6 Å². The van der Waals surface area contributed by atoms with Crippen LogP contribution in [0.1, 0.15) is 80.4 Å². The molecule has 1 aromatic carbocycles.